The third-order valence-corrected chi connectivity index (χ3v) is 5.28. The number of carboxylic acids is 1. The van der Waals surface area contributed by atoms with Gasteiger partial charge in [0.25, 0.3) is 0 Å². The number of rotatable bonds is 3. The van der Waals surface area contributed by atoms with Gasteiger partial charge in [-0.25, -0.2) is 0 Å². The Morgan fingerprint density at radius 1 is 1.32 bits per heavy atom. The highest BCUT2D eigenvalue weighted by Crippen LogP contribution is 2.44. The van der Waals surface area contributed by atoms with Gasteiger partial charge in [0.05, 0.1) is 12.5 Å². The van der Waals surface area contributed by atoms with Gasteiger partial charge in [0, 0.05) is 44.7 Å². The Hall–Kier alpha value is -1.63. The molecule has 0 saturated carbocycles. The van der Waals surface area contributed by atoms with E-state index in [2.05, 4.69) is 0 Å². The molecule has 0 aromatic carbocycles. The highest BCUT2D eigenvalue weighted by Gasteiger charge is 2.52. The molecule has 1 atom stereocenters. The number of hydrogen-bond acceptors (Lipinski definition) is 4. The summed E-state index contributed by atoms with van der Waals surface area (Å²) < 4.78 is 5.35. The molecule has 1 unspecified atom stereocenters. The molecule has 0 radical (unpaired) electrons. The maximum Gasteiger partial charge on any atom is 0.308 e. The number of carbonyl (C=O) groups excluding carboxylic acids is 2. The van der Waals surface area contributed by atoms with E-state index in [0.29, 0.717) is 45.6 Å². The fourth-order valence-electron chi connectivity index (χ4n) is 3.92. The van der Waals surface area contributed by atoms with E-state index in [1.165, 1.54) is 0 Å². The Bertz CT molecular complexity index is 486. The van der Waals surface area contributed by atoms with Gasteiger partial charge in [0.2, 0.25) is 11.8 Å². The van der Waals surface area contributed by atoms with Crippen LogP contribution in [0.5, 0.6) is 0 Å². The maximum atomic E-state index is 12.4. The van der Waals surface area contributed by atoms with Crippen molar-refractivity contribution in [1.82, 2.24) is 9.80 Å². The predicted molar refractivity (Wildman–Crippen MR) is 76.0 cm³/mol. The summed E-state index contributed by atoms with van der Waals surface area (Å²) in [6.45, 7) is 2.52. The van der Waals surface area contributed by atoms with Crippen LogP contribution < -0.4 is 0 Å². The molecule has 0 aromatic rings. The molecule has 1 N–H and O–H groups in total. The summed E-state index contributed by atoms with van der Waals surface area (Å²) in [5, 5.41) is 9.51. The fraction of sp³-hybridized carbons (Fsp3) is 0.800. The lowest BCUT2D eigenvalue weighted by molar-refractivity contribution is -0.147. The lowest BCUT2D eigenvalue weighted by Gasteiger charge is -2.36. The van der Waals surface area contributed by atoms with Gasteiger partial charge in [-0.2, -0.15) is 0 Å². The molecule has 3 fully saturated rings. The quantitative estimate of drug-likeness (QED) is 0.789. The van der Waals surface area contributed by atoms with Gasteiger partial charge >= 0.3 is 5.97 Å². The van der Waals surface area contributed by atoms with E-state index in [1.807, 2.05) is 0 Å². The first kappa shape index (κ1) is 15.3. The minimum absolute atomic E-state index is 0.0168. The summed E-state index contributed by atoms with van der Waals surface area (Å²) in [5.41, 5.74) is -0.366. The van der Waals surface area contributed by atoms with Crippen molar-refractivity contribution in [3.05, 3.63) is 0 Å². The summed E-state index contributed by atoms with van der Waals surface area (Å²) in [5.74, 6) is -1.49. The van der Waals surface area contributed by atoms with Crippen molar-refractivity contribution >= 4 is 17.8 Å². The molecule has 3 heterocycles. The van der Waals surface area contributed by atoms with E-state index < -0.39 is 11.9 Å². The van der Waals surface area contributed by atoms with Crippen LogP contribution >= 0.6 is 0 Å². The smallest absolute Gasteiger partial charge is 0.308 e. The SMILES string of the molecule is O=C(O)C1CN(C(=O)CN2CCCC2=O)CC12CCOCC2. The van der Waals surface area contributed by atoms with Crippen LogP contribution in [0.4, 0.5) is 0 Å². The molecule has 3 aliphatic rings. The Morgan fingerprint density at radius 2 is 2.05 bits per heavy atom. The number of carboxylic acid groups (broad SMARTS) is 1. The first-order chi connectivity index (χ1) is 10.5. The number of carbonyl (C=O) groups is 3. The second kappa shape index (κ2) is 5.87. The van der Waals surface area contributed by atoms with E-state index in [0.717, 1.165) is 6.42 Å². The third kappa shape index (κ3) is 2.69. The standard InChI is InChI=1S/C15H22N2O5/c18-12-2-1-5-16(12)9-13(19)17-8-11(14(20)21)15(10-17)3-6-22-7-4-15/h11H,1-10H2,(H,20,21). The van der Waals surface area contributed by atoms with Crippen LogP contribution in [0, 0.1) is 11.3 Å². The van der Waals surface area contributed by atoms with Crippen LogP contribution in [0.2, 0.25) is 0 Å². The van der Waals surface area contributed by atoms with Crippen LogP contribution in [0.1, 0.15) is 25.7 Å². The van der Waals surface area contributed by atoms with Crippen molar-refractivity contribution in [1.29, 1.82) is 0 Å². The zero-order chi connectivity index (χ0) is 15.7. The molecular formula is C15H22N2O5. The van der Waals surface area contributed by atoms with E-state index in [1.54, 1.807) is 9.80 Å². The number of nitrogens with zero attached hydrogens (tertiary/aromatic N) is 2. The van der Waals surface area contributed by atoms with Gasteiger partial charge in [0.15, 0.2) is 0 Å². The van der Waals surface area contributed by atoms with Crippen LogP contribution in [0.25, 0.3) is 0 Å². The monoisotopic (exact) mass is 310 g/mol. The number of hydrogen-bond donors (Lipinski definition) is 1. The fourth-order valence-corrected chi connectivity index (χ4v) is 3.92. The molecule has 7 nitrogen and oxygen atoms in total. The molecule has 0 aromatic heterocycles. The topological polar surface area (TPSA) is 87.2 Å². The molecule has 0 bridgehead atoms. The Labute approximate surface area is 129 Å². The van der Waals surface area contributed by atoms with Crippen LogP contribution in [0.3, 0.4) is 0 Å². The number of aliphatic carboxylic acids is 1. The van der Waals surface area contributed by atoms with E-state index in [9.17, 15) is 19.5 Å². The zero-order valence-electron chi connectivity index (χ0n) is 12.6. The number of likely N-dealkylation sites (tertiary alicyclic amines) is 2. The van der Waals surface area contributed by atoms with Gasteiger partial charge in [0.1, 0.15) is 0 Å². The Morgan fingerprint density at radius 3 is 2.64 bits per heavy atom. The van der Waals surface area contributed by atoms with Gasteiger partial charge in [-0.15, -0.1) is 0 Å². The molecule has 122 valence electrons. The summed E-state index contributed by atoms with van der Waals surface area (Å²) in [6, 6.07) is 0. The Kier molecular flexibility index (Phi) is 4.08. The second-order valence-electron chi connectivity index (χ2n) is 6.56. The van der Waals surface area contributed by atoms with E-state index in [-0.39, 0.29) is 30.3 Å². The Balaban J connectivity index is 1.68. The molecule has 22 heavy (non-hydrogen) atoms. The summed E-state index contributed by atoms with van der Waals surface area (Å²) in [7, 11) is 0. The van der Waals surface area contributed by atoms with Crippen LogP contribution in [-0.2, 0) is 19.1 Å². The van der Waals surface area contributed by atoms with Gasteiger partial charge in [-0.1, -0.05) is 0 Å². The van der Waals surface area contributed by atoms with E-state index >= 15 is 0 Å². The molecule has 3 rings (SSSR count). The minimum Gasteiger partial charge on any atom is -0.481 e. The van der Waals surface area contributed by atoms with Crippen LogP contribution in [0.15, 0.2) is 0 Å². The van der Waals surface area contributed by atoms with Gasteiger partial charge in [-0.05, 0) is 19.3 Å². The first-order valence-corrected chi connectivity index (χ1v) is 7.88. The molecule has 7 heteroatoms. The number of amides is 2. The average Bonchev–Trinajstić information content (AvgIpc) is 3.05. The molecule has 1 spiro atoms. The predicted octanol–water partition coefficient (Wildman–Crippen LogP) is -0.0514. The van der Waals surface area contributed by atoms with Gasteiger partial charge < -0.3 is 19.6 Å². The van der Waals surface area contributed by atoms with Crippen LogP contribution in [-0.4, -0.2) is 72.1 Å². The van der Waals surface area contributed by atoms with Gasteiger partial charge in [-0.3, -0.25) is 14.4 Å². The molecular weight excluding hydrogens is 288 g/mol. The molecule has 3 aliphatic heterocycles. The maximum absolute atomic E-state index is 12.4. The minimum atomic E-state index is -0.838. The first-order valence-electron chi connectivity index (χ1n) is 7.88. The average molecular weight is 310 g/mol. The molecule has 0 aliphatic carbocycles. The summed E-state index contributed by atoms with van der Waals surface area (Å²) in [6.07, 6.45) is 2.66. The normalized spacial score (nSPS) is 27.6. The van der Waals surface area contributed by atoms with Crippen molar-refractivity contribution < 1.29 is 24.2 Å². The molecule has 3 saturated heterocycles. The van der Waals surface area contributed by atoms with Crippen molar-refractivity contribution in [3.8, 4) is 0 Å². The highest BCUT2D eigenvalue weighted by atomic mass is 16.5. The largest absolute Gasteiger partial charge is 0.481 e. The van der Waals surface area contributed by atoms with Crippen molar-refractivity contribution in [2.45, 2.75) is 25.7 Å². The summed E-state index contributed by atoms with van der Waals surface area (Å²) in [4.78, 5) is 38.9. The number of ether oxygens (including phenoxy) is 1. The van der Waals surface area contributed by atoms with Crippen molar-refractivity contribution in [2.75, 3.05) is 39.4 Å². The lowest BCUT2D eigenvalue weighted by atomic mass is 9.72. The second-order valence-corrected chi connectivity index (χ2v) is 6.56. The molecule has 2 amide bonds. The lowest BCUT2D eigenvalue weighted by Crippen LogP contribution is -2.42. The van der Waals surface area contributed by atoms with E-state index in [4.69, 9.17) is 4.74 Å². The highest BCUT2D eigenvalue weighted by molar-refractivity contribution is 5.86. The zero-order valence-corrected chi connectivity index (χ0v) is 12.6. The summed E-state index contributed by atoms with van der Waals surface area (Å²) >= 11 is 0. The van der Waals surface area contributed by atoms with Crippen molar-refractivity contribution in [2.24, 2.45) is 11.3 Å². The third-order valence-electron chi connectivity index (χ3n) is 5.28. The van der Waals surface area contributed by atoms with Crippen molar-refractivity contribution in [3.63, 3.8) is 0 Å².